The molecule has 2 aromatic heterocycles. The molecule has 3 N–H and O–H groups in total. The lowest BCUT2D eigenvalue weighted by Crippen LogP contribution is -2.28. The summed E-state index contributed by atoms with van der Waals surface area (Å²) in [7, 11) is 0. The molecule has 0 aliphatic heterocycles. The molecule has 0 radical (unpaired) electrons. The van der Waals surface area contributed by atoms with Gasteiger partial charge in [0.15, 0.2) is 0 Å². The largest absolute Gasteiger partial charge is 0.385 e. The molecule has 1 amide bonds. The number of nitrogens with one attached hydrogen (secondary N) is 3. The second kappa shape index (κ2) is 5.99. The Morgan fingerprint density at radius 2 is 2.32 bits per heavy atom. The summed E-state index contributed by atoms with van der Waals surface area (Å²) in [6.07, 6.45) is 6.60. The fourth-order valence-corrected chi connectivity index (χ4v) is 1.78. The van der Waals surface area contributed by atoms with E-state index in [-0.39, 0.29) is 11.9 Å². The van der Waals surface area contributed by atoms with Crippen molar-refractivity contribution in [1.82, 2.24) is 20.3 Å². The van der Waals surface area contributed by atoms with Crippen LogP contribution in [-0.2, 0) is 0 Å². The van der Waals surface area contributed by atoms with Crippen molar-refractivity contribution in [3.8, 4) is 0 Å². The Morgan fingerprint density at radius 1 is 1.47 bits per heavy atom. The molecule has 2 rings (SSSR count). The lowest BCUT2D eigenvalue weighted by molar-refractivity contribution is 0.0939. The normalized spacial score (nSPS) is 11.9. The summed E-state index contributed by atoms with van der Waals surface area (Å²) < 4.78 is 0. The third kappa shape index (κ3) is 3.09. The predicted octanol–water partition coefficient (Wildman–Crippen LogP) is 1.73. The van der Waals surface area contributed by atoms with Crippen molar-refractivity contribution in [3.63, 3.8) is 0 Å². The van der Waals surface area contributed by atoms with Gasteiger partial charge in [-0.15, -0.1) is 0 Å². The number of rotatable bonds is 5. The zero-order valence-electron chi connectivity index (χ0n) is 11.0. The summed E-state index contributed by atoms with van der Waals surface area (Å²) in [5.41, 5.74) is 1.31. The first kappa shape index (κ1) is 13.1. The first-order valence-corrected chi connectivity index (χ1v) is 6.20. The van der Waals surface area contributed by atoms with Crippen molar-refractivity contribution in [2.45, 2.75) is 19.9 Å². The molecule has 100 valence electrons. The smallest absolute Gasteiger partial charge is 0.255 e. The highest BCUT2D eigenvalue weighted by atomic mass is 16.1. The van der Waals surface area contributed by atoms with Crippen LogP contribution in [0.5, 0.6) is 0 Å². The maximum atomic E-state index is 12.2. The highest BCUT2D eigenvalue weighted by Gasteiger charge is 2.15. The zero-order valence-corrected chi connectivity index (χ0v) is 11.0. The number of imidazole rings is 1. The third-order valence-electron chi connectivity index (χ3n) is 2.71. The molecule has 0 aliphatic carbocycles. The molecule has 0 saturated heterocycles. The van der Waals surface area contributed by atoms with E-state index in [9.17, 15) is 4.79 Å². The number of hydrogen-bond acceptors (Lipinski definition) is 4. The van der Waals surface area contributed by atoms with Gasteiger partial charge < -0.3 is 15.6 Å². The molecular formula is C13H17N5O. The van der Waals surface area contributed by atoms with Crippen molar-refractivity contribution in [2.24, 2.45) is 0 Å². The molecular weight excluding hydrogens is 242 g/mol. The molecule has 19 heavy (non-hydrogen) atoms. The van der Waals surface area contributed by atoms with Gasteiger partial charge in [0, 0.05) is 31.3 Å². The molecule has 0 spiro atoms. The maximum Gasteiger partial charge on any atom is 0.255 e. The number of aromatic amines is 1. The van der Waals surface area contributed by atoms with E-state index < -0.39 is 0 Å². The molecule has 6 heteroatoms. The molecule has 0 aliphatic rings. The van der Waals surface area contributed by atoms with Crippen molar-refractivity contribution >= 4 is 11.6 Å². The second-order valence-corrected chi connectivity index (χ2v) is 4.12. The summed E-state index contributed by atoms with van der Waals surface area (Å²) in [5, 5.41) is 6.03. The Hall–Kier alpha value is -2.37. The van der Waals surface area contributed by atoms with Crippen LogP contribution in [0.1, 0.15) is 36.1 Å². The molecule has 0 saturated carbocycles. The summed E-state index contributed by atoms with van der Waals surface area (Å²) in [4.78, 5) is 23.3. The SMILES string of the molecule is CCNc1ccncc1C(=O)NC(C)c1ncc[nH]1. The van der Waals surface area contributed by atoms with Crippen LogP contribution in [0.15, 0.2) is 30.9 Å². The van der Waals surface area contributed by atoms with Gasteiger partial charge in [-0.05, 0) is 19.9 Å². The molecule has 2 heterocycles. The van der Waals surface area contributed by atoms with Gasteiger partial charge in [0.2, 0.25) is 0 Å². The first-order valence-electron chi connectivity index (χ1n) is 6.20. The highest BCUT2D eigenvalue weighted by molar-refractivity contribution is 5.99. The Morgan fingerprint density at radius 3 is 3.00 bits per heavy atom. The molecule has 2 aromatic rings. The van der Waals surface area contributed by atoms with E-state index in [1.165, 1.54) is 0 Å². The maximum absolute atomic E-state index is 12.2. The lowest BCUT2D eigenvalue weighted by atomic mass is 10.2. The summed E-state index contributed by atoms with van der Waals surface area (Å²) in [6, 6.07) is 1.60. The van der Waals surface area contributed by atoms with Crippen molar-refractivity contribution in [3.05, 3.63) is 42.2 Å². The van der Waals surface area contributed by atoms with E-state index in [0.29, 0.717) is 5.56 Å². The molecule has 6 nitrogen and oxygen atoms in total. The number of anilines is 1. The van der Waals surface area contributed by atoms with E-state index in [2.05, 4.69) is 25.6 Å². The standard InChI is InChI=1S/C13H17N5O/c1-3-15-11-4-5-14-8-10(11)13(19)18-9(2)12-16-6-7-17-12/h4-9H,3H2,1-2H3,(H,14,15)(H,16,17)(H,18,19). The Bertz CT molecular complexity index is 538. The number of hydrogen-bond donors (Lipinski definition) is 3. The average Bonchev–Trinajstić information content (AvgIpc) is 2.93. The number of carbonyl (C=O) groups excluding carboxylic acids is 1. The third-order valence-corrected chi connectivity index (χ3v) is 2.71. The van der Waals surface area contributed by atoms with Gasteiger partial charge >= 0.3 is 0 Å². The Labute approximate surface area is 111 Å². The summed E-state index contributed by atoms with van der Waals surface area (Å²) in [5.74, 6) is 0.551. The van der Waals surface area contributed by atoms with Crippen LogP contribution in [0.3, 0.4) is 0 Å². The van der Waals surface area contributed by atoms with Crippen LogP contribution in [-0.4, -0.2) is 27.4 Å². The van der Waals surface area contributed by atoms with Crippen molar-refractivity contribution in [2.75, 3.05) is 11.9 Å². The number of carbonyl (C=O) groups is 1. The van der Waals surface area contributed by atoms with E-state index in [1.54, 1.807) is 30.9 Å². The van der Waals surface area contributed by atoms with Gasteiger partial charge in [-0.3, -0.25) is 9.78 Å². The number of nitrogens with zero attached hydrogens (tertiary/aromatic N) is 2. The zero-order chi connectivity index (χ0) is 13.7. The topological polar surface area (TPSA) is 82.7 Å². The Balaban J connectivity index is 2.11. The minimum absolute atomic E-state index is 0.173. The molecule has 0 aromatic carbocycles. The van der Waals surface area contributed by atoms with Crippen LogP contribution in [0.25, 0.3) is 0 Å². The van der Waals surface area contributed by atoms with Gasteiger partial charge in [0.25, 0.3) is 5.91 Å². The van der Waals surface area contributed by atoms with Crippen LogP contribution < -0.4 is 10.6 Å². The van der Waals surface area contributed by atoms with E-state index in [1.807, 2.05) is 13.8 Å². The van der Waals surface area contributed by atoms with Gasteiger partial charge in [0.05, 0.1) is 17.3 Å². The monoisotopic (exact) mass is 259 g/mol. The van der Waals surface area contributed by atoms with Crippen LogP contribution in [0.4, 0.5) is 5.69 Å². The first-order chi connectivity index (χ1) is 9.22. The molecule has 0 fully saturated rings. The van der Waals surface area contributed by atoms with Crippen molar-refractivity contribution in [1.29, 1.82) is 0 Å². The summed E-state index contributed by atoms with van der Waals surface area (Å²) in [6.45, 7) is 4.60. The molecule has 1 unspecified atom stereocenters. The van der Waals surface area contributed by atoms with Gasteiger partial charge in [-0.2, -0.15) is 0 Å². The van der Waals surface area contributed by atoms with Gasteiger partial charge in [0.1, 0.15) is 5.82 Å². The predicted molar refractivity (Wildman–Crippen MR) is 72.9 cm³/mol. The van der Waals surface area contributed by atoms with Gasteiger partial charge in [-0.25, -0.2) is 4.98 Å². The van der Waals surface area contributed by atoms with Gasteiger partial charge in [-0.1, -0.05) is 0 Å². The Kier molecular flexibility index (Phi) is 4.12. The number of aromatic nitrogens is 3. The number of H-pyrrole nitrogens is 1. The second-order valence-electron chi connectivity index (χ2n) is 4.12. The van der Waals surface area contributed by atoms with Crippen LogP contribution in [0.2, 0.25) is 0 Å². The summed E-state index contributed by atoms with van der Waals surface area (Å²) >= 11 is 0. The van der Waals surface area contributed by atoms with E-state index in [0.717, 1.165) is 18.1 Å². The van der Waals surface area contributed by atoms with E-state index in [4.69, 9.17) is 0 Å². The molecule has 0 bridgehead atoms. The average molecular weight is 259 g/mol. The molecule has 1 atom stereocenters. The highest BCUT2D eigenvalue weighted by Crippen LogP contribution is 2.15. The minimum Gasteiger partial charge on any atom is -0.385 e. The number of amides is 1. The fourth-order valence-electron chi connectivity index (χ4n) is 1.78. The number of pyridine rings is 1. The van der Waals surface area contributed by atoms with Crippen LogP contribution >= 0.6 is 0 Å². The fraction of sp³-hybridized carbons (Fsp3) is 0.308. The van der Waals surface area contributed by atoms with Crippen molar-refractivity contribution < 1.29 is 4.79 Å². The van der Waals surface area contributed by atoms with E-state index >= 15 is 0 Å². The van der Waals surface area contributed by atoms with Crippen LogP contribution in [0, 0.1) is 0 Å². The minimum atomic E-state index is -0.183. The quantitative estimate of drug-likeness (QED) is 0.763. The lowest BCUT2D eigenvalue weighted by Gasteiger charge is -2.14.